The van der Waals surface area contributed by atoms with E-state index in [0.29, 0.717) is 23.8 Å². The molecule has 120 valence electrons. The smallest absolute Gasteiger partial charge is 0.234 e. The third kappa shape index (κ3) is 5.39. The highest BCUT2D eigenvalue weighted by Crippen LogP contribution is 2.27. The van der Waals surface area contributed by atoms with Gasteiger partial charge in [0.05, 0.1) is 17.5 Å². The van der Waals surface area contributed by atoms with Gasteiger partial charge in [0.15, 0.2) is 0 Å². The van der Waals surface area contributed by atoms with E-state index in [0.717, 1.165) is 30.8 Å². The summed E-state index contributed by atoms with van der Waals surface area (Å²) in [6.07, 6.45) is 4.07. The predicted molar refractivity (Wildman–Crippen MR) is 91.8 cm³/mol. The minimum Gasteiger partial charge on any atom is -0.489 e. The van der Waals surface area contributed by atoms with Crippen molar-refractivity contribution in [3.8, 4) is 5.75 Å². The van der Waals surface area contributed by atoms with E-state index in [1.165, 1.54) is 11.8 Å². The van der Waals surface area contributed by atoms with Crippen LogP contribution in [0.4, 0.5) is 5.69 Å². The minimum atomic E-state index is -0.0299. The number of ether oxygens (including phenoxy) is 2. The molecule has 0 aliphatic carbocycles. The standard InChI is InChI=1S/C17H23NO3S/c1-3-9-22-12-17(19)18-15-7-6-13(2)10-16(15)21-11-14-5-4-8-20-14/h3,6-7,10,14H,1,4-5,8-9,11-12H2,2H3,(H,18,19)/t14-/m1/s1. The normalized spacial score (nSPS) is 17.2. The molecule has 22 heavy (non-hydrogen) atoms. The first-order valence-electron chi connectivity index (χ1n) is 7.52. The Hall–Kier alpha value is -1.46. The number of anilines is 1. The lowest BCUT2D eigenvalue weighted by molar-refractivity contribution is -0.113. The van der Waals surface area contributed by atoms with E-state index >= 15 is 0 Å². The van der Waals surface area contributed by atoms with Crippen LogP contribution in [0.1, 0.15) is 18.4 Å². The highest BCUT2D eigenvalue weighted by molar-refractivity contribution is 8.00. The van der Waals surface area contributed by atoms with Gasteiger partial charge in [0.25, 0.3) is 0 Å². The molecule has 4 nitrogen and oxygen atoms in total. The molecule has 0 spiro atoms. The van der Waals surface area contributed by atoms with Crippen molar-refractivity contribution in [2.75, 3.05) is 30.0 Å². The number of hydrogen-bond donors (Lipinski definition) is 1. The third-order valence-corrected chi connectivity index (χ3v) is 4.27. The van der Waals surface area contributed by atoms with Crippen molar-refractivity contribution < 1.29 is 14.3 Å². The van der Waals surface area contributed by atoms with Crippen LogP contribution in [0.15, 0.2) is 30.9 Å². The molecule has 5 heteroatoms. The van der Waals surface area contributed by atoms with Crippen molar-refractivity contribution in [1.82, 2.24) is 0 Å². The summed E-state index contributed by atoms with van der Waals surface area (Å²) >= 11 is 1.53. The lowest BCUT2D eigenvalue weighted by Crippen LogP contribution is -2.19. The maximum atomic E-state index is 11.9. The average Bonchev–Trinajstić information content (AvgIpc) is 3.01. The second kappa shape index (κ2) is 8.86. The zero-order chi connectivity index (χ0) is 15.8. The number of hydrogen-bond acceptors (Lipinski definition) is 4. The zero-order valence-electron chi connectivity index (χ0n) is 13.0. The van der Waals surface area contributed by atoms with E-state index in [1.54, 1.807) is 6.08 Å². The molecular weight excluding hydrogens is 298 g/mol. The fourth-order valence-corrected chi connectivity index (χ4v) is 2.77. The number of nitrogens with one attached hydrogen (secondary N) is 1. The van der Waals surface area contributed by atoms with Gasteiger partial charge < -0.3 is 14.8 Å². The number of rotatable bonds is 8. The van der Waals surface area contributed by atoms with Gasteiger partial charge in [-0.25, -0.2) is 0 Å². The summed E-state index contributed by atoms with van der Waals surface area (Å²) in [6, 6.07) is 5.79. The van der Waals surface area contributed by atoms with Crippen LogP contribution in [0.3, 0.4) is 0 Å². The largest absolute Gasteiger partial charge is 0.489 e. The molecular formula is C17H23NO3S. The Morgan fingerprint density at radius 3 is 3.18 bits per heavy atom. The second-order valence-electron chi connectivity index (χ2n) is 5.30. The summed E-state index contributed by atoms with van der Waals surface area (Å²) in [5, 5.41) is 2.91. The van der Waals surface area contributed by atoms with Gasteiger partial charge in [0.1, 0.15) is 12.4 Å². The summed E-state index contributed by atoms with van der Waals surface area (Å²) in [6.45, 7) is 6.98. The number of carbonyl (C=O) groups is 1. The van der Waals surface area contributed by atoms with Gasteiger partial charge in [-0.2, -0.15) is 0 Å². The summed E-state index contributed by atoms with van der Waals surface area (Å²) in [7, 11) is 0. The minimum absolute atomic E-state index is 0.0299. The van der Waals surface area contributed by atoms with Crippen molar-refractivity contribution in [3.63, 3.8) is 0 Å². The molecule has 0 radical (unpaired) electrons. The van der Waals surface area contributed by atoms with Crippen molar-refractivity contribution in [1.29, 1.82) is 0 Å². The maximum absolute atomic E-state index is 11.9. The Morgan fingerprint density at radius 1 is 1.59 bits per heavy atom. The molecule has 1 fully saturated rings. The van der Waals surface area contributed by atoms with Crippen LogP contribution < -0.4 is 10.1 Å². The lowest BCUT2D eigenvalue weighted by Gasteiger charge is -2.16. The van der Waals surface area contributed by atoms with Crippen LogP contribution in [0.2, 0.25) is 0 Å². The Morgan fingerprint density at radius 2 is 2.45 bits per heavy atom. The van der Waals surface area contributed by atoms with Gasteiger partial charge >= 0.3 is 0 Å². The highest BCUT2D eigenvalue weighted by atomic mass is 32.2. The molecule has 0 unspecified atom stereocenters. The van der Waals surface area contributed by atoms with Gasteiger partial charge in [-0.3, -0.25) is 4.79 Å². The molecule has 1 aliphatic rings. The lowest BCUT2D eigenvalue weighted by atomic mass is 10.2. The molecule has 1 aromatic carbocycles. The van der Waals surface area contributed by atoms with Crippen LogP contribution in [0.25, 0.3) is 0 Å². The van der Waals surface area contributed by atoms with Gasteiger partial charge in [-0.15, -0.1) is 18.3 Å². The topological polar surface area (TPSA) is 47.6 Å². The maximum Gasteiger partial charge on any atom is 0.234 e. The molecule has 0 bridgehead atoms. The fourth-order valence-electron chi connectivity index (χ4n) is 2.23. The number of carbonyl (C=O) groups excluding carboxylic acids is 1. The molecule has 1 aromatic rings. The molecule has 1 heterocycles. The molecule has 1 saturated heterocycles. The predicted octanol–water partition coefficient (Wildman–Crippen LogP) is 3.41. The van der Waals surface area contributed by atoms with Crippen LogP contribution >= 0.6 is 11.8 Å². The molecule has 0 aromatic heterocycles. The Bertz CT molecular complexity index is 513. The van der Waals surface area contributed by atoms with Gasteiger partial charge in [-0.1, -0.05) is 12.1 Å². The summed E-state index contributed by atoms with van der Waals surface area (Å²) < 4.78 is 11.4. The number of aryl methyl sites for hydroxylation is 1. The first kappa shape index (κ1) is 16.9. The molecule has 1 amide bonds. The SMILES string of the molecule is C=CCSCC(=O)Nc1ccc(C)cc1OC[C@H]1CCCO1. The molecule has 0 saturated carbocycles. The van der Waals surface area contributed by atoms with Crippen molar-refractivity contribution in [3.05, 3.63) is 36.4 Å². The zero-order valence-corrected chi connectivity index (χ0v) is 13.8. The van der Waals surface area contributed by atoms with Crippen LogP contribution in [-0.4, -0.2) is 36.7 Å². The third-order valence-electron chi connectivity index (χ3n) is 3.33. The van der Waals surface area contributed by atoms with Gasteiger partial charge in [0.2, 0.25) is 5.91 Å². The van der Waals surface area contributed by atoms with Gasteiger partial charge in [0, 0.05) is 12.4 Å². The Kier molecular flexibility index (Phi) is 6.80. The van der Waals surface area contributed by atoms with E-state index in [1.807, 2.05) is 25.1 Å². The van der Waals surface area contributed by atoms with E-state index < -0.39 is 0 Å². The molecule has 1 N–H and O–H groups in total. The number of amides is 1. The summed E-state index contributed by atoms with van der Waals surface area (Å²) in [5.74, 6) is 1.85. The second-order valence-corrected chi connectivity index (χ2v) is 6.33. The monoisotopic (exact) mass is 321 g/mol. The van der Waals surface area contributed by atoms with Crippen molar-refractivity contribution in [2.24, 2.45) is 0 Å². The quantitative estimate of drug-likeness (QED) is 0.589. The van der Waals surface area contributed by atoms with Gasteiger partial charge in [-0.05, 0) is 37.5 Å². The first-order valence-corrected chi connectivity index (χ1v) is 8.68. The van der Waals surface area contributed by atoms with E-state index in [-0.39, 0.29) is 12.0 Å². The Labute approximate surface area is 136 Å². The van der Waals surface area contributed by atoms with Crippen LogP contribution in [0, 0.1) is 6.92 Å². The molecule has 1 aliphatic heterocycles. The van der Waals surface area contributed by atoms with Crippen LogP contribution in [0.5, 0.6) is 5.75 Å². The van der Waals surface area contributed by atoms with Crippen molar-refractivity contribution >= 4 is 23.4 Å². The fraction of sp³-hybridized carbons (Fsp3) is 0.471. The highest BCUT2D eigenvalue weighted by Gasteiger charge is 2.17. The average molecular weight is 321 g/mol. The van der Waals surface area contributed by atoms with E-state index in [9.17, 15) is 4.79 Å². The Balaban J connectivity index is 1.93. The van der Waals surface area contributed by atoms with Crippen molar-refractivity contribution in [2.45, 2.75) is 25.9 Å². The molecule has 2 rings (SSSR count). The number of thioether (sulfide) groups is 1. The first-order chi connectivity index (χ1) is 10.7. The van der Waals surface area contributed by atoms with E-state index in [4.69, 9.17) is 9.47 Å². The van der Waals surface area contributed by atoms with Crippen LogP contribution in [-0.2, 0) is 9.53 Å². The molecule has 1 atom stereocenters. The van der Waals surface area contributed by atoms with E-state index in [2.05, 4.69) is 11.9 Å². The summed E-state index contributed by atoms with van der Waals surface area (Å²) in [5.41, 5.74) is 1.81. The number of benzene rings is 1. The summed E-state index contributed by atoms with van der Waals surface area (Å²) in [4.78, 5) is 11.9.